The van der Waals surface area contributed by atoms with Crippen molar-refractivity contribution in [3.8, 4) is 5.75 Å². The molecule has 3 aromatic rings. The molecule has 0 aliphatic carbocycles. The van der Waals surface area contributed by atoms with E-state index in [1.807, 2.05) is 19.2 Å². The number of anilines is 1. The van der Waals surface area contributed by atoms with E-state index in [2.05, 4.69) is 25.7 Å². The molecule has 8 nitrogen and oxygen atoms in total. The molecule has 2 aromatic heterocycles. The summed E-state index contributed by atoms with van der Waals surface area (Å²) < 4.78 is 7.43. The van der Waals surface area contributed by atoms with Crippen LogP contribution < -0.4 is 10.1 Å². The summed E-state index contributed by atoms with van der Waals surface area (Å²) in [6.45, 7) is 0.227. The molecule has 0 aliphatic rings. The molecule has 0 fully saturated rings. The van der Waals surface area contributed by atoms with Gasteiger partial charge in [0, 0.05) is 7.05 Å². The molecule has 25 heavy (non-hydrogen) atoms. The van der Waals surface area contributed by atoms with Gasteiger partial charge in [-0.3, -0.25) is 10.1 Å². The molecular weight excluding hydrogens is 384 g/mol. The zero-order valence-corrected chi connectivity index (χ0v) is 15.4. The van der Waals surface area contributed by atoms with Gasteiger partial charge in [-0.25, -0.2) is 0 Å². The van der Waals surface area contributed by atoms with Crippen molar-refractivity contribution in [2.24, 2.45) is 7.05 Å². The number of nitrogens with zero attached hydrogens (tertiary/aromatic N) is 5. The van der Waals surface area contributed by atoms with E-state index in [-0.39, 0.29) is 18.3 Å². The number of para-hydroxylation sites is 1. The predicted molar refractivity (Wildman–Crippen MR) is 96.0 cm³/mol. The molecule has 130 valence electrons. The number of amides is 1. The van der Waals surface area contributed by atoms with Crippen LogP contribution in [0.4, 0.5) is 5.13 Å². The van der Waals surface area contributed by atoms with E-state index in [1.165, 1.54) is 23.1 Å². The van der Waals surface area contributed by atoms with Crippen LogP contribution in [0.2, 0.25) is 5.02 Å². The van der Waals surface area contributed by atoms with Crippen molar-refractivity contribution in [1.29, 1.82) is 0 Å². The smallest absolute Gasteiger partial charge is 0.236 e. The molecule has 1 aromatic carbocycles. The van der Waals surface area contributed by atoms with Crippen molar-refractivity contribution in [3.63, 3.8) is 0 Å². The Labute approximate surface area is 156 Å². The first-order valence-corrected chi connectivity index (χ1v) is 9.32. The van der Waals surface area contributed by atoms with Crippen LogP contribution in [0.5, 0.6) is 5.75 Å². The molecule has 0 saturated heterocycles. The molecule has 11 heteroatoms. The van der Waals surface area contributed by atoms with E-state index in [0.717, 1.165) is 0 Å². The summed E-state index contributed by atoms with van der Waals surface area (Å²) in [6, 6.07) is 7.21. The number of thioether (sulfide) groups is 1. The number of ether oxygens (including phenoxy) is 1. The van der Waals surface area contributed by atoms with E-state index in [1.54, 1.807) is 22.2 Å². The molecule has 0 spiro atoms. The maximum Gasteiger partial charge on any atom is 0.236 e. The van der Waals surface area contributed by atoms with Crippen LogP contribution in [-0.4, -0.2) is 36.6 Å². The lowest BCUT2D eigenvalue weighted by Crippen LogP contribution is -2.14. The Kier molecular flexibility index (Phi) is 5.84. The van der Waals surface area contributed by atoms with Crippen molar-refractivity contribution < 1.29 is 9.53 Å². The van der Waals surface area contributed by atoms with E-state index < -0.39 is 0 Å². The highest BCUT2D eigenvalue weighted by Gasteiger charge is 2.13. The van der Waals surface area contributed by atoms with Gasteiger partial charge in [0.2, 0.25) is 11.0 Å². The zero-order chi connectivity index (χ0) is 17.6. The van der Waals surface area contributed by atoms with E-state index in [0.29, 0.717) is 26.9 Å². The molecule has 0 aliphatic heterocycles. The SMILES string of the molecule is Cn1c(COc2ccccc2Cl)nnc1SCC(=O)Nc1nncs1. The van der Waals surface area contributed by atoms with Crippen LogP contribution in [0.15, 0.2) is 34.9 Å². The first-order valence-electron chi connectivity index (χ1n) is 7.08. The van der Waals surface area contributed by atoms with E-state index in [4.69, 9.17) is 16.3 Å². The largest absolute Gasteiger partial charge is 0.484 e. The fourth-order valence-corrected chi connectivity index (χ4v) is 3.19. The summed E-state index contributed by atoms with van der Waals surface area (Å²) in [5.74, 6) is 1.22. The third-order valence-electron chi connectivity index (χ3n) is 3.06. The molecule has 2 heterocycles. The highest BCUT2D eigenvalue weighted by molar-refractivity contribution is 7.99. The topological polar surface area (TPSA) is 94.8 Å². The van der Waals surface area contributed by atoms with Crippen LogP contribution in [0.1, 0.15) is 5.82 Å². The van der Waals surface area contributed by atoms with Gasteiger partial charge in [0.15, 0.2) is 11.0 Å². The van der Waals surface area contributed by atoms with Crippen molar-refractivity contribution in [1.82, 2.24) is 25.0 Å². The Bertz CT molecular complexity index is 855. The second-order valence-electron chi connectivity index (χ2n) is 4.76. The number of rotatable bonds is 7. The second kappa shape index (κ2) is 8.28. The number of aromatic nitrogens is 5. The van der Waals surface area contributed by atoms with Crippen molar-refractivity contribution in [2.45, 2.75) is 11.8 Å². The minimum Gasteiger partial charge on any atom is -0.484 e. The fourth-order valence-electron chi connectivity index (χ4n) is 1.81. The van der Waals surface area contributed by atoms with Crippen LogP contribution in [0.3, 0.4) is 0 Å². The third-order valence-corrected chi connectivity index (χ3v) is 5.00. The van der Waals surface area contributed by atoms with Crippen molar-refractivity contribution in [3.05, 3.63) is 40.6 Å². The van der Waals surface area contributed by atoms with Gasteiger partial charge in [-0.05, 0) is 12.1 Å². The first kappa shape index (κ1) is 17.6. The highest BCUT2D eigenvalue weighted by Crippen LogP contribution is 2.24. The molecule has 3 rings (SSSR count). The monoisotopic (exact) mass is 396 g/mol. The first-order chi connectivity index (χ1) is 12.1. The maximum absolute atomic E-state index is 11.9. The quantitative estimate of drug-likeness (QED) is 0.613. The van der Waals surface area contributed by atoms with Gasteiger partial charge >= 0.3 is 0 Å². The molecule has 1 N–H and O–H groups in total. The molecule has 0 radical (unpaired) electrons. The van der Waals surface area contributed by atoms with E-state index >= 15 is 0 Å². The molecule has 0 saturated carbocycles. The summed E-state index contributed by atoms with van der Waals surface area (Å²) >= 11 is 8.59. The normalized spacial score (nSPS) is 10.6. The summed E-state index contributed by atoms with van der Waals surface area (Å²) in [5, 5.41) is 19.9. The average Bonchev–Trinajstić information content (AvgIpc) is 3.23. The Hall–Kier alpha value is -2.17. The molecule has 0 unspecified atom stereocenters. The molecule has 0 bridgehead atoms. The summed E-state index contributed by atoms with van der Waals surface area (Å²) in [7, 11) is 1.82. The van der Waals surface area contributed by atoms with Gasteiger partial charge in [0.05, 0.1) is 10.8 Å². The minimum atomic E-state index is -0.182. The van der Waals surface area contributed by atoms with Gasteiger partial charge in [-0.1, -0.05) is 46.8 Å². The standard InChI is InChI=1S/C14H13ClN6O2S2/c1-21-11(6-23-10-5-3-2-4-9(10)15)18-20-14(21)24-7-12(22)17-13-19-16-8-25-13/h2-5,8H,6-7H2,1H3,(H,17,19,22). The number of benzene rings is 1. The van der Waals surface area contributed by atoms with Gasteiger partial charge in [0.1, 0.15) is 17.9 Å². The van der Waals surface area contributed by atoms with Gasteiger partial charge < -0.3 is 9.30 Å². The van der Waals surface area contributed by atoms with E-state index in [9.17, 15) is 4.79 Å². The highest BCUT2D eigenvalue weighted by atomic mass is 35.5. The van der Waals surface area contributed by atoms with Gasteiger partial charge in [-0.2, -0.15) is 0 Å². The lowest BCUT2D eigenvalue weighted by molar-refractivity contribution is -0.113. The lowest BCUT2D eigenvalue weighted by atomic mass is 10.3. The number of hydrogen-bond donors (Lipinski definition) is 1. The third kappa shape index (κ3) is 4.68. The van der Waals surface area contributed by atoms with Crippen LogP contribution in [0, 0.1) is 0 Å². The lowest BCUT2D eigenvalue weighted by Gasteiger charge is -2.07. The number of nitrogens with one attached hydrogen (secondary N) is 1. The summed E-state index contributed by atoms with van der Waals surface area (Å²) in [6.07, 6.45) is 0. The van der Waals surface area contributed by atoms with Gasteiger partial charge in [-0.15, -0.1) is 20.4 Å². The number of hydrogen-bond acceptors (Lipinski definition) is 8. The Morgan fingerprint density at radius 3 is 2.96 bits per heavy atom. The number of halogens is 1. The predicted octanol–water partition coefficient (Wildman–Crippen LogP) is 2.63. The fraction of sp³-hybridized carbons (Fsp3) is 0.214. The van der Waals surface area contributed by atoms with Crippen LogP contribution >= 0.6 is 34.7 Å². The maximum atomic E-state index is 11.9. The van der Waals surface area contributed by atoms with Crippen molar-refractivity contribution >= 4 is 45.7 Å². The van der Waals surface area contributed by atoms with Crippen LogP contribution in [0.25, 0.3) is 0 Å². The molecule has 0 atom stereocenters. The molecule has 1 amide bonds. The van der Waals surface area contributed by atoms with Crippen molar-refractivity contribution in [2.75, 3.05) is 11.1 Å². The summed E-state index contributed by atoms with van der Waals surface area (Å²) in [4.78, 5) is 11.9. The summed E-state index contributed by atoms with van der Waals surface area (Å²) in [5.41, 5.74) is 1.55. The minimum absolute atomic E-state index is 0.182. The Morgan fingerprint density at radius 1 is 1.36 bits per heavy atom. The second-order valence-corrected chi connectivity index (χ2v) is 6.94. The zero-order valence-electron chi connectivity index (χ0n) is 13.0. The number of carbonyl (C=O) groups is 1. The Morgan fingerprint density at radius 2 is 2.20 bits per heavy atom. The average molecular weight is 397 g/mol. The Balaban J connectivity index is 1.54. The van der Waals surface area contributed by atoms with Crippen LogP contribution in [-0.2, 0) is 18.4 Å². The molecular formula is C14H13ClN6O2S2. The number of carbonyl (C=O) groups excluding carboxylic acids is 1. The van der Waals surface area contributed by atoms with Gasteiger partial charge in [0.25, 0.3) is 0 Å².